The van der Waals surface area contributed by atoms with Gasteiger partial charge in [-0.05, 0) is 52.1 Å². The molecule has 0 bridgehead atoms. The average molecular weight is 314 g/mol. The smallest absolute Gasteiger partial charge is 0.211 e. The lowest BCUT2D eigenvalue weighted by molar-refractivity contribution is 0.542. The van der Waals surface area contributed by atoms with Crippen molar-refractivity contribution in [2.75, 3.05) is 18.8 Å². The molecule has 1 heterocycles. The summed E-state index contributed by atoms with van der Waals surface area (Å²) < 4.78 is 28.2. The number of sulfonamides is 1. The molecule has 0 aromatic carbocycles. The van der Waals surface area contributed by atoms with Gasteiger partial charge < -0.3 is 5.32 Å². The van der Waals surface area contributed by atoms with Gasteiger partial charge in [0, 0.05) is 24.8 Å². The lowest BCUT2D eigenvalue weighted by Crippen LogP contribution is -2.30. The maximum Gasteiger partial charge on any atom is 0.211 e. The van der Waals surface area contributed by atoms with Crippen LogP contribution in [0.5, 0.6) is 0 Å². The molecule has 1 aliphatic rings. The molecule has 0 spiro atoms. The predicted octanol–water partition coefficient (Wildman–Crippen LogP) is 0.952. The maximum absolute atomic E-state index is 11.8. The normalized spacial score (nSPS) is 15.5. The van der Waals surface area contributed by atoms with E-state index in [4.69, 9.17) is 0 Å². The average Bonchev–Trinajstić information content (AvgIpc) is 3.17. The Morgan fingerprint density at radius 1 is 1.29 bits per heavy atom. The molecule has 0 saturated heterocycles. The fourth-order valence-electron chi connectivity index (χ4n) is 2.29. The molecule has 1 aromatic heterocycles. The monoisotopic (exact) mass is 314 g/mol. The number of hydrogen-bond acceptors (Lipinski definition) is 4. The van der Waals surface area contributed by atoms with Gasteiger partial charge in [0.25, 0.3) is 0 Å². The summed E-state index contributed by atoms with van der Waals surface area (Å²) in [6, 6.07) is 2.67. The quantitative estimate of drug-likeness (QED) is 0.631. The van der Waals surface area contributed by atoms with Crippen LogP contribution >= 0.6 is 0 Å². The molecule has 7 heteroatoms. The summed E-state index contributed by atoms with van der Waals surface area (Å²) in [5, 5.41) is 7.68. The molecule has 0 atom stereocenters. The fraction of sp³-hybridized carbons (Fsp3) is 0.786. The van der Waals surface area contributed by atoms with Crippen LogP contribution in [0.1, 0.15) is 37.1 Å². The van der Waals surface area contributed by atoms with E-state index in [0.717, 1.165) is 30.9 Å². The topological polar surface area (TPSA) is 76.0 Å². The fourth-order valence-corrected chi connectivity index (χ4v) is 3.41. The van der Waals surface area contributed by atoms with Crippen molar-refractivity contribution in [2.45, 2.75) is 52.1 Å². The lowest BCUT2D eigenvalue weighted by atomic mass is 10.4. The second-order valence-electron chi connectivity index (χ2n) is 5.80. The maximum atomic E-state index is 11.8. The van der Waals surface area contributed by atoms with E-state index in [1.54, 1.807) is 0 Å². The van der Waals surface area contributed by atoms with Crippen molar-refractivity contribution in [1.82, 2.24) is 19.8 Å². The van der Waals surface area contributed by atoms with E-state index < -0.39 is 10.0 Å². The Bertz CT molecular complexity index is 549. The van der Waals surface area contributed by atoms with E-state index in [0.29, 0.717) is 19.0 Å². The van der Waals surface area contributed by atoms with Crippen molar-refractivity contribution in [1.29, 1.82) is 0 Å². The first-order valence-electron chi connectivity index (χ1n) is 7.68. The van der Waals surface area contributed by atoms with Crippen LogP contribution in [-0.2, 0) is 16.6 Å². The van der Waals surface area contributed by atoms with Gasteiger partial charge >= 0.3 is 0 Å². The van der Waals surface area contributed by atoms with Gasteiger partial charge in [0.05, 0.1) is 11.4 Å². The highest BCUT2D eigenvalue weighted by Crippen LogP contribution is 2.18. The second kappa shape index (κ2) is 7.38. The number of nitrogens with one attached hydrogen (secondary N) is 2. The van der Waals surface area contributed by atoms with Crippen LogP contribution in [0.3, 0.4) is 0 Å². The first-order chi connectivity index (χ1) is 9.96. The van der Waals surface area contributed by atoms with Gasteiger partial charge in [-0.25, -0.2) is 13.1 Å². The van der Waals surface area contributed by atoms with Gasteiger partial charge in [0.2, 0.25) is 10.0 Å². The highest BCUT2D eigenvalue weighted by atomic mass is 32.2. The van der Waals surface area contributed by atoms with E-state index in [9.17, 15) is 8.42 Å². The zero-order valence-corrected chi connectivity index (χ0v) is 13.7. The van der Waals surface area contributed by atoms with E-state index in [1.807, 2.05) is 24.6 Å². The molecule has 0 aliphatic heterocycles. The van der Waals surface area contributed by atoms with Gasteiger partial charge in [-0.3, -0.25) is 4.68 Å². The molecule has 0 amide bonds. The minimum absolute atomic E-state index is 0.201. The standard InChI is InChI=1S/C14H26N4O2S/c1-12-11-13(2)18(17-12)9-3-8-16-21(19,20)10-4-7-15-14-5-6-14/h11,14-16H,3-10H2,1-2H3. The number of aromatic nitrogens is 2. The minimum atomic E-state index is -3.14. The highest BCUT2D eigenvalue weighted by Gasteiger charge is 2.20. The second-order valence-corrected chi connectivity index (χ2v) is 7.73. The summed E-state index contributed by atoms with van der Waals surface area (Å²) in [7, 11) is -3.14. The van der Waals surface area contributed by atoms with Crippen LogP contribution in [0.2, 0.25) is 0 Å². The minimum Gasteiger partial charge on any atom is -0.314 e. The number of aryl methyl sites for hydroxylation is 3. The summed E-state index contributed by atoms with van der Waals surface area (Å²) in [6.07, 6.45) is 3.89. The van der Waals surface area contributed by atoms with Crippen molar-refractivity contribution in [2.24, 2.45) is 0 Å². The molecule has 21 heavy (non-hydrogen) atoms. The van der Waals surface area contributed by atoms with E-state index >= 15 is 0 Å². The van der Waals surface area contributed by atoms with Crippen LogP contribution in [-0.4, -0.2) is 43.1 Å². The zero-order chi connectivity index (χ0) is 15.3. The Morgan fingerprint density at radius 3 is 2.67 bits per heavy atom. The van der Waals surface area contributed by atoms with E-state index in [1.165, 1.54) is 12.8 Å². The first-order valence-corrected chi connectivity index (χ1v) is 9.33. The largest absolute Gasteiger partial charge is 0.314 e. The molecule has 2 N–H and O–H groups in total. The van der Waals surface area contributed by atoms with Gasteiger partial charge in [-0.15, -0.1) is 0 Å². The van der Waals surface area contributed by atoms with Crippen molar-refractivity contribution >= 4 is 10.0 Å². The first kappa shape index (κ1) is 16.5. The van der Waals surface area contributed by atoms with Crippen molar-refractivity contribution < 1.29 is 8.42 Å². The van der Waals surface area contributed by atoms with Crippen molar-refractivity contribution in [3.8, 4) is 0 Å². The predicted molar refractivity (Wildman–Crippen MR) is 83.7 cm³/mol. The van der Waals surface area contributed by atoms with Gasteiger partial charge in [0.15, 0.2) is 0 Å². The van der Waals surface area contributed by atoms with Crippen LogP contribution in [0, 0.1) is 13.8 Å². The van der Waals surface area contributed by atoms with Gasteiger partial charge in [-0.1, -0.05) is 0 Å². The third kappa shape index (κ3) is 6.15. The summed E-state index contributed by atoms with van der Waals surface area (Å²) in [4.78, 5) is 0. The number of nitrogens with zero attached hydrogens (tertiary/aromatic N) is 2. The Kier molecular flexibility index (Phi) is 5.78. The number of rotatable bonds is 10. The molecule has 1 aliphatic carbocycles. The van der Waals surface area contributed by atoms with Crippen molar-refractivity contribution in [3.63, 3.8) is 0 Å². The molecular formula is C14H26N4O2S. The SMILES string of the molecule is Cc1cc(C)n(CCCNS(=O)(=O)CCCNC2CC2)n1. The summed E-state index contributed by atoms with van der Waals surface area (Å²) in [6.45, 7) is 5.97. The molecule has 120 valence electrons. The van der Waals surface area contributed by atoms with Gasteiger partial charge in [0.1, 0.15) is 0 Å². The summed E-state index contributed by atoms with van der Waals surface area (Å²) in [5.41, 5.74) is 2.11. The van der Waals surface area contributed by atoms with Crippen LogP contribution in [0.25, 0.3) is 0 Å². The summed E-state index contributed by atoms with van der Waals surface area (Å²) in [5.74, 6) is 0.201. The highest BCUT2D eigenvalue weighted by molar-refractivity contribution is 7.89. The lowest BCUT2D eigenvalue weighted by Gasteiger charge is -2.08. The van der Waals surface area contributed by atoms with Crippen LogP contribution < -0.4 is 10.0 Å². The summed E-state index contributed by atoms with van der Waals surface area (Å²) >= 11 is 0. The van der Waals surface area contributed by atoms with E-state index in [2.05, 4.69) is 15.1 Å². The molecule has 6 nitrogen and oxygen atoms in total. The molecular weight excluding hydrogens is 288 g/mol. The van der Waals surface area contributed by atoms with Crippen LogP contribution in [0.4, 0.5) is 0 Å². The Morgan fingerprint density at radius 2 is 2.05 bits per heavy atom. The molecule has 2 rings (SSSR count). The molecule has 0 unspecified atom stereocenters. The van der Waals surface area contributed by atoms with Crippen LogP contribution in [0.15, 0.2) is 6.07 Å². The van der Waals surface area contributed by atoms with E-state index in [-0.39, 0.29) is 5.75 Å². The number of hydrogen-bond donors (Lipinski definition) is 2. The van der Waals surface area contributed by atoms with Crippen molar-refractivity contribution in [3.05, 3.63) is 17.5 Å². The Balaban J connectivity index is 1.58. The Labute approximate surface area is 127 Å². The molecule has 0 radical (unpaired) electrons. The van der Waals surface area contributed by atoms with Gasteiger partial charge in [-0.2, -0.15) is 5.10 Å². The zero-order valence-electron chi connectivity index (χ0n) is 12.9. The molecule has 1 aromatic rings. The third-order valence-corrected chi connectivity index (χ3v) is 5.04. The molecule has 1 fully saturated rings. The molecule has 1 saturated carbocycles. The third-order valence-electron chi connectivity index (χ3n) is 3.57. The Hall–Kier alpha value is -0.920.